The van der Waals surface area contributed by atoms with Gasteiger partial charge in [-0.3, -0.25) is 0 Å². The summed E-state index contributed by atoms with van der Waals surface area (Å²) in [6.07, 6.45) is 4.46. The molecule has 0 bridgehead atoms. The van der Waals surface area contributed by atoms with E-state index in [1.807, 2.05) is 30.3 Å². The summed E-state index contributed by atoms with van der Waals surface area (Å²) in [6, 6.07) is 11.3. The number of phenolic OH excluding ortho intramolecular Hbond substituents is 1. The second kappa shape index (κ2) is 7.04. The van der Waals surface area contributed by atoms with Gasteiger partial charge in [0.25, 0.3) is 0 Å². The van der Waals surface area contributed by atoms with Crippen molar-refractivity contribution in [1.82, 2.24) is 0 Å². The van der Waals surface area contributed by atoms with Crippen LogP contribution in [0.25, 0.3) is 0 Å². The topological polar surface area (TPSA) is 64.7 Å². The lowest BCUT2D eigenvalue weighted by molar-refractivity contribution is 0.228. The molecule has 24 heavy (non-hydrogen) atoms. The van der Waals surface area contributed by atoms with Crippen LogP contribution in [0.4, 0.5) is 5.69 Å². The van der Waals surface area contributed by atoms with E-state index in [1.54, 1.807) is 6.07 Å². The summed E-state index contributed by atoms with van der Waals surface area (Å²) in [6.45, 7) is 4.22. The third-order valence-corrected chi connectivity index (χ3v) is 4.64. The van der Waals surface area contributed by atoms with Crippen molar-refractivity contribution in [2.45, 2.75) is 51.7 Å². The number of phenols is 1. The highest BCUT2D eigenvalue weighted by Gasteiger charge is 2.23. The molecule has 0 aliphatic carbocycles. The molecule has 4 heteroatoms. The number of anilines is 1. The van der Waals surface area contributed by atoms with Crippen LogP contribution in [0.5, 0.6) is 17.2 Å². The minimum atomic E-state index is 0.258. The average Bonchev–Trinajstić information content (AvgIpc) is 3.20. The maximum Gasteiger partial charge on any atom is 0.126 e. The SMILES string of the molecule is CCC1Cc2c(N)cccc2O1.CCC1Cc2c(O)cccc2O1. The predicted octanol–water partition coefficient (Wildman–Crippen LogP) is 4.09. The number of hydrogen-bond donors (Lipinski definition) is 2. The number of rotatable bonds is 2. The summed E-state index contributed by atoms with van der Waals surface area (Å²) >= 11 is 0. The third kappa shape index (κ3) is 3.28. The van der Waals surface area contributed by atoms with Crippen molar-refractivity contribution in [1.29, 1.82) is 0 Å². The predicted molar refractivity (Wildman–Crippen MR) is 95.8 cm³/mol. The minimum absolute atomic E-state index is 0.258. The largest absolute Gasteiger partial charge is 0.508 e. The lowest BCUT2D eigenvalue weighted by Gasteiger charge is -2.05. The Morgan fingerprint density at radius 3 is 2.00 bits per heavy atom. The quantitative estimate of drug-likeness (QED) is 0.816. The zero-order chi connectivity index (χ0) is 17.1. The molecular formula is C20H25NO3. The van der Waals surface area contributed by atoms with Gasteiger partial charge in [-0.05, 0) is 37.1 Å². The number of ether oxygens (including phenoxy) is 2. The van der Waals surface area contributed by atoms with Gasteiger partial charge in [0, 0.05) is 29.7 Å². The molecule has 0 saturated heterocycles. The third-order valence-electron chi connectivity index (χ3n) is 4.64. The Bertz CT molecular complexity index is 653. The van der Waals surface area contributed by atoms with E-state index in [2.05, 4.69) is 13.8 Å². The van der Waals surface area contributed by atoms with E-state index in [0.717, 1.165) is 48.4 Å². The molecule has 2 aromatic carbocycles. The summed E-state index contributed by atoms with van der Waals surface area (Å²) in [5.41, 5.74) is 8.82. The number of fused-ring (bicyclic) bond motifs is 2. The van der Waals surface area contributed by atoms with Crippen LogP contribution in [-0.4, -0.2) is 17.3 Å². The molecule has 2 heterocycles. The van der Waals surface area contributed by atoms with E-state index in [0.29, 0.717) is 11.9 Å². The first kappa shape index (κ1) is 16.5. The van der Waals surface area contributed by atoms with Crippen molar-refractivity contribution in [3.05, 3.63) is 47.5 Å². The molecule has 2 unspecified atom stereocenters. The molecule has 2 atom stereocenters. The fraction of sp³-hybridized carbons (Fsp3) is 0.400. The van der Waals surface area contributed by atoms with Crippen molar-refractivity contribution < 1.29 is 14.6 Å². The molecule has 2 aromatic rings. The fourth-order valence-corrected chi connectivity index (χ4v) is 3.13. The molecule has 0 amide bonds. The molecule has 4 nitrogen and oxygen atoms in total. The first-order chi connectivity index (χ1) is 11.6. The Hall–Kier alpha value is -2.36. The molecule has 2 aliphatic rings. The Morgan fingerprint density at radius 1 is 0.917 bits per heavy atom. The van der Waals surface area contributed by atoms with Crippen molar-refractivity contribution in [3.8, 4) is 17.2 Å². The van der Waals surface area contributed by atoms with Crippen molar-refractivity contribution >= 4 is 5.69 Å². The van der Waals surface area contributed by atoms with Crippen LogP contribution in [0, 0.1) is 0 Å². The van der Waals surface area contributed by atoms with Gasteiger partial charge in [-0.15, -0.1) is 0 Å². The minimum Gasteiger partial charge on any atom is -0.508 e. The van der Waals surface area contributed by atoms with Gasteiger partial charge >= 0.3 is 0 Å². The van der Waals surface area contributed by atoms with Gasteiger partial charge in [0.05, 0.1) is 0 Å². The average molecular weight is 327 g/mol. The van der Waals surface area contributed by atoms with Gasteiger partial charge in [-0.25, -0.2) is 0 Å². The van der Waals surface area contributed by atoms with Crippen LogP contribution in [0.1, 0.15) is 37.8 Å². The van der Waals surface area contributed by atoms with Gasteiger partial charge in [0.1, 0.15) is 29.5 Å². The van der Waals surface area contributed by atoms with Crippen molar-refractivity contribution in [2.75, 3.05) is 5.73 Å². The molecule has 0 fully saturated rings. The van der Waals surface area contributed by atoms with Gasteiger partial charge in [-0.2, -0.15) is 0 Å². The highest BCUT2D eigenvalue weighted by atomic mass is 16.5. The summed E-state index contributed by atoms with van der Waals surface area (Å²) in [4.78, 5) is 0. The highest BCUT2D eigenvalue weighted by molar-refractivity contribution is 5.56. The van der Waals surface area contributed by atoms with E-state index in [1.165, 1.54) is 5.56 Å². The van der Waals surface area contributed by atoms with Gasteiger partial charge in [0.15, 0.2) is 0 Å². The van der Waals surface area contributed by atoms with Crippen LogP contribution < -0.4 is 15.2 Å². The molecule has 0 saturated carbocycles. The molecule has 0 radical (unpaired) electrons. The Morgan fingerprint density at radius 2 is 1.46 bits per heavy atom. The van der Waals surface area contributed by atoms with E-state index >= 15 is 0 Å². The summed E-state index contributed by atoms with van der Waals surface area (Å²) in [5.74, 6) is 2.19. The summed E-state index contributed by atoms with van der Waals surface area (Å²) < 4.78 is 11.2. The zero-order valence-corrected chi connectivity index (χ0v) is 14.3. The molecule has 0 spiro atoms. The smallest absolute Gasteiger partial charge is 0.126 e. The molecule has 4 rings (SSSR count). The van der Waals surface area contributed by atoms with Crippen LogP contribution in [-0.2, 0) is 12.8 Å². The standard InChI is InChI=1S/C10H13NO.C10H12O2/c2*1-2-7-6-8-9(11)4-3-5-10(8)12-7/h3-5,7H,2,6,11H2,1H3;3-5,7,11H,2,6H2,1H3. The molecule has 128 valence electrons. The number of aromatic hydroxyl groups is 1. The Labute approximate surface area is 143 Å². The first-order valence-corrected chi connectivity index (χ1v) is 8.63. The lowest BCUT2D eigenvalue weighted by Crippen LogP contribution is -2.10. The monoisotopic (exact) mass is 327 g/mol. The van der Waals surface area contributed by atoms with Crippen LogP contribution >= 0.6 is 0 Å². The van der Waals surface area contributed by atoms with Gasteiger partial charge in [0.2, 0.25) is 0 Å². The van der Waals surface area contributed by atoms with Crippen molar-refractivity contribution in [3.63, 3.8) is 0 Å². The Kier molecular flexibility index (Phi) is 4.84. The maximum atomic E-state index is 9.46. The normalized spacial score (nSPS) is 20.2. The zero-order valence-electron chi connectivity index (χ0n) is 14.3. The Balaban J connectivity index is 0.000000141. The van der Waals surface area contributed by atoms with Crippen LogP contribution in [0.3, 0.4) is 0 Å². The molecular weight excluding hydrogens is 302 g/mol. The lowest BCUT2D eigenvalue weighted by atomic mass is 10.1. The first-order valence-electron chi connectivity index (χ1n) is 8.63. The summed E-state index contributed by atoms with van der Waals surface area (Å²) in [5, 5.41) is 9.46. The van der Waals surface area contributed by atoms with Crippen molar-refractivity contribution in [2.24, 2.45) is 0 Å². The second-order valence-corrected chi connectivity index (χ2v) is 6.28. The fourth-order valence-electron chi connectivity index (χ4n) is 3.13. The van der Waals surface area contributed by atoms with E-state index in [-0.39, 0.29) is 6.10 Å². The number of hydrogen-bond acceptors (Lipinski definition) is 4. The van der Waals surface area contributed by atoms with E-state index in [4.69, 9.17) is 15.2 Å². The van der Waals surface area contributed by atoms with Gasteiger partial charge in [-0.1, -0.05) is 26.0 Å². The number of benzene rings is 2. The van der Waals surface area contributed by atoms with E-state index < -0.39 is 0 Å². The number of nitrogen functional groups attached to an aromatic ring is 1. The molecule has 2 aliphatic heterocycles. The maximum absolute atomic E-state index is 9.46. The van der Waals surface area contributed by atoms with Gasteiger partial charge < -0.3 is 20.3 Å². The van der Waals surface area contributed by atoms with E-state index in [9.17, 15) is 5.11 Å². The van der Waals surface area contributed by atoms with Crippen LogP contribution in [0.2, 0.25) is 0 Å². The molecule has 3 N–H and O–H groups in total. The second-order valence-electron chi connectivity index (χ2n) is 6.28. The number of nitrogens with two attached hydrogens (primary N) is 1. The highest BCUT2D eigenvalue weighted by Crippen LogP contribution is 2.36. The summed E-state index contributed by atoms with van der Waals surface area (Å²) in [7, 11) is 0. The van der Waals surface area contributed by atoms with Crippen LogP contribution in [0.15, 0.2) is 36.4 Å². The molecule has 0 aromatic heterocycles.